The van der Waals surface area contributed by atoms with Crippen LogP contribution in [0.15, 0.2) is 36.4 Å². The Labute approximate surface area is 140 Å². The van der Waals surface area contributed by atoms with E-state index >= 15 is 0 Å². The van der Waals surface area contributed by atoms with Crippen molar-refractivity contribution in [3.63, 3.8) is 0 Å². The van der Waals surface area contributed by atoms with Crippen LogP contribution in [-0.2, 0) is 11.2 Å². The molecule has 2 aromatic carbocycles. The summed E-state index contributed by atoms with van der Waals surface area (Å²) in [7, 11) is 0. The van der Waals surface area contributed by atoms with Gasteiger partial charge in [0.05, 0.1) is 10.7 Å². The summed E-state index contributed by atoms with van der Waals surface area (Å²) in [5.41, 5.74) is 3.53. The summed E-state index contributed by atoms with van der Waals surface area (Å²) in [4.78, 5) is 11.4. The molecule has 0 fully saturated rings. The SMILES string of the molecule is CC(=O)Nc1cc2c(c(Cl)c1O)CCNCC2c1ccccc1. The maximum atomic E-state index is 11.4. The highest BCUT2D eigenvalue weighted by atomic mass is 35.5. The summed E-state index contributed by atoms with van der Waals surface area (Å²) < 4.78 is 0. The molecule has 3 rings (SSSR count). The molecule has 1 aliphatic heterocycles. The lowest BCUT2D eigenvalue weighted by Crippen LogP contribution is -2.20. The van der Waals surface area contributed by atoms with E-state index < -0.39 is 0 Å². The number of benzene rings is 2. The molecule has 5 heteroatoms. The Kier molecular flexibility index (Phi) is 4.55. The second kappa shape index (κ2) is 6.60. The Bertz CT molecular complexity index is 732. The van der Waals surface area contributed by atoms with Crippen molar-refractivity contribution in [3.05, 3.63) is 58.1 Å². The van der Waals surface area contributed by atoms with E-state index in [4.69, 9.17) is 11.6 Å². The molecule has 0 spiro atoms. The topological polar surface area (TPSA) is 61.4 Å². The summed E-state index contributed by atoms with van der Waals surface area (Å²) in [6, 6.07) is 12.0. The molecular formula is C18H19ClN2O2. The normalized spacial score (nSPS) is 17.2. The smallest absolute Gasteiger partial charge is 0.221 e. The fraction of sp³-hybridized carbons (Fsp3) is 0.278. The Morgan fingerprint density at radius 1 is 1.35 bits per heavy atom. The lowest BCUT2D eigenvalue weighted by Gasteiger charge is -2.21. The van der Waals surface area contributed by atoms with Crippen LogP contribution in [0.25, 0.3) is 0 Å². The van der Waals surface area contributed by atoms with Crippen LogP contribution in [0.5, 0.6) is 5.75 Å². The summed E-state index contributed by atoms with van der Waals surface area (Å²) in [5, 5.41) is 16.7. The fourth-order valence-electron chi connectivity index (χ4n) is 3.10. The van der Waals surface area contributed by atoms with Crippen LogP contribution in [-0.4, -0.2) is 24.1 Å². The van der Waals surface area contributed by atoms with Gasteiger partial charge >= 0.3 is 0 Å². The number of amides is 1. The number of anilines is 1. The molecule has 1 atom stereocenters. The van der Waals surface area contributed by atoms with Crippen LogP contribution in [0.2, 0.25) is 5.02 Å². The number of phenolic OH excluding ortho intramolecular Hbond substituents is 1. The molecule has 120 valence electrons. The monoisotopic (exact) mass is 330 g/mol. The van der Waals surface area contributed by atoms with Gasteiger partial charge in [-0.2, -0.15) is 0 Å². The predicted molar refractivity (Wildman–Crippen MR) is 92.3 cm³/mol. The molecular weight excluding hydrogens is 312 g/mol. The first-order valence-electron chi connectivity index (χ1n) is 7.65. The van der Waals surface area contributed by atoms with E-state index in [0.717, 1.165) is 30.6 Å². The largest absolute Gasteiger partial charge is 0.504 e. The third-order valence-electron chi connectivity index (χ3n) is 4.16. The van der Waals surface area contributed by atoms with Crippen LogP contribution >= 0.6 is 11.6 Å². The van der Waals surface area contributed by atoms with Crippen molar-refractivity contribution in [2.45, 2.75) is 19.3 Å². The predicted octanol–water partition coefficient (Wildman–Crippen LogP) is 3.28. The molecule has 23 heavy (non-hydrogen) atoms. The highest BCUT2D eigenvalue weighted by molar-refractivity contribution is 6.33. The van der Waals surface area contributed by atoms with Gasteiger partial charge < -0.3 is 15.7 Å². The van der Waals surface area contributed by atoms with Crippen LogP contribution < -0.4 is 10.6 Å². The minimum atomic E-state index is -0.237. The first kappa shape index (κ1) is 15.8. The van der Waals surface area contributed by atoms with Gasteiger partial charge in [0.2, 0.25) is 5.91 Å². The summed E-state index contributed by atoms with van der Waals surface area (Å²) in [5.74, 6) is -0.173. The summed E-state index contributed by atoms with van der Waals surface area (Å²) in [6.07, 6.45) is 0.741. The van der Waals surface area contributed by atoms with E-state index in [2.05, 4.69) is 22.8 Å². The molecule has 2 aromatic rings. The molecule has 0 bridgehead atoms. The highest BCUT2D eigenvalue weighted by Gasteiger charge is 2.25. The van der Waals surface area contributed by atoms with Crippen LogP contribution in [0, 0.1) is 0 Å². The fourth-order valence-corrected chi connectivity index (χ4v) is 3.41. The van der Waals surface area contributed by atoms with Gasteiger partial charge in [0.25, 0.3) is 0 Å². The molecule has 1 unspecified atom stereocenters. The van der Waals surface area contributed by atoms with Crippen molar-refractivity contribution in [2.24, 2.45) is 0 Å². The number of hydrogen-bond donors (Lipinski definition) is 3. The van der Waals surface area contributed by atoms with Gasteiger partial charge in [0.1, 0.15) is 0 Å². The molecule has 0 aliphatic carbocycles. The van der Waals surface area contributed by atoms with Crippen molar-refractivity contribution in [3.8, 4) is 5.75 Å². The quantitative estimate of drug-likeness (QED) is 0.740. The van der Waals surface area contributed by atoms with Crippen molar-refractivity contribution in [1.82, 2.24) is 5.32 Å². The van der Waals surface area contributed by atoms with Gasteiger partial charge in [-0.3, -0.25) is 4.79 Å². The second-order valence-electron chi connectivity index (χ2n) is 5.75. The van der Waals surface area contributed by atoms with E-state index in [1.54, 1.807) is 0 Å². The zero-order valence-corrected chi connectivity index (χ0v) is 13.7. The Morgan fingerprint density at radius 2 is 2.09 bits per heavy atom. The van der Waals surface area contributed by atoms with Gasteiger partial charge in [0, 0.05) is 19.4 Å². The van der Waals surface area contributed by atoms with Crippen LogP contribution in [0.1, 0.15) is 29.5 Å². The Balaban J connectivity index is 2.15. The first-order chi connectivity index (χ1) is 11.1. The van der Waals surface area contributed by atoms with E-state index in [1.807, 2.05) is 24.3 Å². The van der Waals surface area contributed by atoms with Gasteiger partial charge in [-0.05, 0) is 35.7 Å². The maximum absolute atomic E-state index is 11.4. The van der Waals surface area contributed by atoms with Crippen molar-refractivity contribution in [2.75, 3.05) is 18.4 Å². The van der Waals surface area contributed by atoms with E-state index in [0.29, 0.717) is 10.7 Å². The van der Waals surface area contributed by atoms with Crippen LogP contribution in [0.3, 0.4) is 0 Å². The minimum Gasteiger partial charge on any atom is -0.504 e. The van der Waals surface area contributed by atoms with Gasteiger partial charge in [-0.1, -0.05) is 41.9 Å². The lowest BCUT2D eigenvalue weighted by molar-refractivity contribution is -0.114. The second-order valence-corrected chi connectivity index (χ2v) is 6.13. The van der Waals surface area contributed by atoms with Gasteiger partial charge in [0.15, 0.2) is 5.75 Å². The zero-order chi connectivity index (χ0) is 16.4. The number of hydrogen-bond acceptors (Lipinski definition) is 3. The number of nitrogens with one attached hydrogen (secondary N) is 2. The number of halogens is 1. The Hall–Kier alpha value is -2.04. The highest BCUT2D eigenvalue weighted by Crippen LogP contribution is 2.42. The van der Waals surface area contributed by atoms with Crippen molar-refractivity contribution in [1.29, 1.82) is 0 Å². The number of carbonyl (C=O) groups is 1. The molecule has 1 amide bonds. The summed E-state index contributed by atoms with van der Waals surface area (Å²) >= 11 is 6.40. The third kappa shape index (κ3) is 3.19. The zero-order valence-electron chi connectivity index (χ0n) is 12.9. The Morgan fingerprint density at radius 3 is 2.78 bits per heavy atom. The molecule has 1 aliphatic rings. The molecule has 4 nitrogen and oxygen atoms in total. The van der Waals surface area contributed by atoms with E-state index in [9.17, 15) is 9.90 Å². The number of phenols is 1. The average molecular weight is 331 g/mol. The third-order valence-corrected chi connectivity index (χ3v) is 4.57. The number of rotatable bonds is 2. The van der Waals surface area contributed by atoms with Crippen LogP contribution in [0.4, 0.5) is 5.69 Å². The molecule has 3 N–H and O–H groups in total. The van der Waals surface area contributed by atoms with E-state index in [1.165, 1.54) is 12.5 Å². The van der Waals surface area contributed by atoms with Gasteiger partial charge in [-0.15, -0.1) is 0 Å². The lowest BCUT2D eigenvalue weighted by atomic mass is 9.87. The van der Waals surface area contributed by atoms with Gasteiger partial charge in [-0.25, -0.2) is 0 Å². The molecule has 0 aromatic heterocycles. The molecule has 0 radical (unpaired) electrons. The standard InChI is InChI=1S/C18H19ClN2O2/c1-11(22)21-16-9-14-13(17(19)18(16)23)7-8-20-10-15(14)12-5-3-2-4-6-12/h2-6,9,15,20,23H,7-8,10H2,1H3,(H,21,22). The number of fused-ring (bicyclic) bond motifs is 1. The molecule has 0 saturated heterocycles. The van der Waals surface area contributed by atoms with E-state index in [-0.39, 0.29) is 17.6 Å². The average Bonchev–Trinajstić information content (AvgIpc) is 2.75. The maximum Gasteiger partial charge on any atom is 0.221 e. The first-order valence-corrected chi connectivity index (χ1v) is 8.03. The summed E-state index contributed by atoms with van der Waals surface area (Å²) in [6.45, 7) is 3.00. The minimum absolute atomic E-state index is 0.0608. The number of aromatic hydroxyl groups is 1. The number of carbonyl (C=O) groups excluding carboxylic acids is 1. The molecule has 1 heterocycles. The van der Waals surface area contributed by atoms with Crippen molar-refractivity contribution < 1.29 is 9.90 Å². The van der Waals surface area contributed by atoms with Crippen molar-refractivity contribution >= 4 is 23.2 Å². The molecule has 0 saturated carbocycles.